The van der Waals surface area contributed by atoms with E-state index >= 15 is 0 Å². The maximum Gasteiger partial charge on any atom is 0.185 e. The summed E-state index contributed by atoms with van der Waals surface area (Å²) in [5.41, 5.74) is 0.264. The predicted octanol–water partition coefficient (Wildman–Crippen LogP) is 2.46. The fraction of sp³-hybridized carbons (Fsp3) is 0.273. The number of carbonyl (C=O) groups excluding carboxylic acids is 1. The second-order valence-corrected chi connectivity index (χ2v) is 4.55. The summed E-state index contributed by atoms with van der Waals surface area (Å²) >= 11 is 6.88. The van der Waals surface area contributed by atoms with Crippen molar-refractivity contribution in [3.8, 4) is 17.6 Å². The number of hydrogen-bond acceptors (Lipinski definition) is 4. The van der Waals surface area contributed by atoms with Crippen LogP contribution in [0.25, 0.3) is 0 Å². The molecule has 0 aliphatic rings. The van der Waals surface area contributed by atoms with E-state index in [0.717, 1.165) is 0 Å². The van der Waals surface area contributed by atoms with Crippen LogP contribution in [0.3, 0.4) is 0 Å². The number of aromatic hydroxyl groups is 1. The third kappa shape index (κ3) is 4.56. The van der Waals surface area contributed by atoms with Crippen LogP contribution in [0.1, 0.15) is 19.0 Å². The lowest BCUT2D eigenvalue weighted by Gasteiger charge is -1.95. The third-order valence-electron chi connectivity index (χ3n) is 1.58. The van der Waals surface area contributed by atoms with E-state index in [0.29, 0.717) is 17.3 Å². The van der Waals surface area contributed by atoms with E-state index in [-0.39, 0.29) is 16.6 Å². The van der Waals surface area contributed by atoms with Gasteiger partial charge in [-0.15, -0.1) is 0 Å². The lowest BCUT2D eigenvalue weighted by Crippen LogP contribution is -1.86. The van der Waals surface area contributed by atoms with Crippen molar-refractivity contribution in [1.82, 2.24) is 4.98 Å². The van der Waals surface area contributed by atoms with E-state index in [1.165, 1.54) is 30.8 Å². The Balaban J connectivity index is 2.56. The highest BCUT2D eigenvalue weighted by atomic mass is 35.5. The van der Waals surface area contributed by atoms with Gasteiger partial charge in [-0.2, -0.15) is 0 Å². The van der Waals surface area contributed by atoms with Gasteiger partial charge in [-0.3, -0.25) is 4.79 Å². The molecule has 3 nitrogen and oxygen atoms in total. The Hall–Kier alpha value is -1.18. The second-order valence-electron chi connectivity index (χ2n) is 2.89. The molecule has 0 saturated heterocycles. The van der Waals surface area contributed by atoms with Crippen molar-refractivity contribution in [2.75, 3.05) is 5.75 Å². The number of pyridine rings is 1. The second kappa shape index (κ2) is 6.41. The topological polar surface area (TPSA) is 50.2 Å². The average Bonchev–Trinajstić information content (AvgIpc) is 2.22. The van der Waals surface area contributed by atoms with E-state index in [4.69, 9.17) is 11.6 Å². The van der Waals surface area contributed by atoms with Gasteiger partial charge in [-0.1, -0.05) is 29.3 Å². The summed E-state index contributed by atoms with van der Waals surface area (Å²) in [7, 11) is 0. The van der Waals surface area contributed by atoms with E-state index in [1.54, 1.807) is 0 Å². The minimum atomic E-state index is 0.0103. The van der Waals surface area contributed by atoms with Crippen LogP contribution in [0.2, 0.25) is 5.15 Å². The first kappa shape index (κ1) is 12.9. The van der Waals surface area contributed by atoms with Crippen molar-refractivity contribution >= 4 is 28.5 Å². The molecule has 1 rings (SSSR count). The number of hydrogen-bond donors (Lipinski definition) is 1. The maximum absolute atomic E-state index is 10.6. The number of halogens is 1. The standard InChI is InChI=1S/C11H10ClNO2S/c1-8(14)16-7-3-2-4-9-10(15)5-6-11(12)13-9/h5-6,15H,3,7H2,1H3. The molecule has 0 aliphatic carbocycles. The van der Waals surface area contributed by atoms with Crippen molar-refractivity contribution in [1.29, 1.82) is 0 Å². The first-order valence-corrected chi connectivity index (χ1v) is 5.93. The molecule has 84 valence electrons. The van der Waals surface area contributed by atoms with Crippen LogP contribution in [0.4, 0.5) is 0 Å². The summed E-state index contributed by atoms with van der Waals surface area (Å²) in [5, 5.41) is 9.76. The molecular weight excluding hydrogens is 246 g/mol. The molecule has 0 amide bonds. The summed E-state index contributed by atoms with van der Waals surface area (Å²) in [6.45, 7) is 1.52. The molecule has 0 aromatic carbocycles. The fourth-order valence-electron chi connectivity index (χ4n) is 0.912. The summed E-state index contributed by atoms with van der Waals surface area (Å²) in [5.74, 6) is 6.18. The number of aromatic nitrogens is 1. The minimum Gasteiger partial charge on any atom is -0.505 e. The van der Waals surface area contributed by atoms with Crippen LogP contribution < -0.4 is 0 Å². The van der Waals surface area contributed by atoms with Crippen LogP contribution in [-0.4, -0.2) is 21.0 Å². The van der Waals surface area contributed by atoms with Gasteiger partial charge in [0.05, 0.1) is 0 Å². The predicted molar refractivity (Wildman–Crippen MR) is 65.5 cm³/mol. The Morgan fingerprint density at radius 1 is 1.62 bits per heavy atom. The number of rotatable bonds is 2. The lowest BCUT2D eigenvalue weighted by atomic mass is 10.3. The lowest BCUT2D eigenvalue weighted by molar-refractivity contribution is -0.109. The van der Waals surface area contributed by atoms with Crippen LogP contribution in [0, 0.1) is 11.8 Å². The zero-order valence-electron chi connectivity index (χ0n) is 8.66. The number of carbonyl (C=O) groups is 1. The maximum atomic E-state index is 10.6. The Morgan fingerprint density at radius 3 is 3.06 bits per heavy atom. The van der Waals surface area contributed by atoms with Gasteiger partial charge in [0, 0.05) is 19.1 Å². The quantitative estimate of drug-likeness (QED) is 0.501. The van der Waals surface area contributed by atoms with Gasteiger partial charge in [0.25, 0.3) is 0 Å². The van der Waals surface area contributed by atoms with Crippen molar-refractivity contribution in [2.45, 2.75) is 13.3 Å². The van der Waals surface area contributed by atoms with Crippen molar-refractivity contribution in [2.24, 2.45) is 0 Å². The van der Waals surface area contributed by atoms with Gasteiger partial charge >= 0.3 is 0 Å². The largest absolute Gasteiger partial charge is 0.505 e. The molecule has 1 aromatic rings. The van der Waals surface area contributed by atoms with Gasteiger partial charge in [0.1, 0.15) is 10.9 Å². The number of nitrogens with zero attached hydrogens (tertiary/aromatic N) is 1. The highest BCUT2D eigenvalue weighted by Crippen LogP contribution is 2.16. The van der Waals surface area contributed by atoms with Crippen molar-refractivity contribution < 1.29 is 9.90 Å². The molecular formula is C11H10ClNO2S. The zero-order valence-corrected chi connectivity index (χ0v) is 10.2. The summed E-state index contributed by atoms with van der Waals surface area (Å²) < 4.78 is 0. The van der Waals surface area contributed by atoms with Crippen LogP contribution in [0.15, 0.2) is 12.1 Å². The van der Waals surface area contributed by atoms with Gasteiger partial charge in [-0.25, -0.2) is 4.98 Å². The molecule has 1 aromatic heterocycles. The first-order valence-electron chi connectivity index (χ1n) is 4.57. The summed E-state index contributed by atoms with van der Waals surface area (Å²) in [4.78, 5) is 14.5. The molecule has 0 radical (unpaired) electrons. The SMILES string of the molecule is CC(=O)SCCC#Cc1nc(Cl)ccc1O. The molecule has 1 heterocycles. The average molecular weight is 256 g/mol. The molecule has 0 bridgehead atoms. The monoisotopic (exact) mass is 255 g/mol. The zero-order chi connectivity index (χ0) is 12.0. The smallest absolute Gasteiger partial charge is 0.185 e. The van der Waals surface area contributed by atoms with Gasteiger partial charge in [-0.05, 0) is 18.1 Å². The summed E-state index contributed by atoms with van der Waals surface area (Å²) in [6, 6.07) is 2.94. The fourth-order valence-corrected chi connectivity index (χ4v) is 1.55. The molecule has 0 unspecified atom stereocenters. The minimum absolute atomic E-state index is 0.0103. The normalized spacial score (nSPS) is 9.38. The van der Waals surface area contributed by atoms with Crippen LogP contribution in [0.5, 0.6) is 5.75 Å². The molecule has 0 atom stereocenters. The van der Waals surface area contributed by atoms with E-state index in [2.05, 4.69) is 16.8 Å². The molecule has 0 fully saturated rings. The van der Waals surface area contributed by atoms with Crippen LogP contribution >= 0.6 is 23.4 Å². The highest BCUT2D eigenvalue weighted by Gasteiger charge is 1.99. The first-order chi connectivity index (χ1) is 7.59. The molecule has 0 aliphatic heterocycles. The molecule has 0 spiro atoms. The van der Waals surface area contributed by atoms with E-state index in [1.807, 2.05) is 0 Å². The Bertz CT molecular complexity index is 451. The van der Waals surface area contributed by atoms with E-state index in [9.17, 15) is 9.90 Å². The molecule has 16 heavy (non-hydrogen) atoms. The Morgan fingerprint density at radius 2 is 2.38 bits per heavy atom. The highest BCUT2D eigenvalue weighted by molar-refractivity contribution is 8.13. The van der Waals surface area contributed by atoms with Crippen molar-refractivity contribution in [3.05, 3.63) is 23.0 Å². The summed E-state index contributed by atoms with van der Waals surface area (Å²) in [6.07, 6.45) is 0.567. The Kier molecular flexibility index (Phi) is 5.17. The van der Waals surface area contributed by atoms with Crippen LogP contribution in [-0.2, 0) is 4.79 Å². The molecule has 1 N–H and O–H groups in total. The van der Waals surface area contributed by atoms with Gasteiger partial charge < -0.3 is 5.11 Å². The number of thioether (sulfide) groups is 1. The molecule has 0 saturated carbocycles. The van der Waals surface area contributed by atoms with Crippen molar-refractivity contribution in [3.63, 3.8) is 0 Å². The Labute approximate surface area is 103 Å². The van der Waals surface area contributed by atoms with Gasteiger partial charge in [0.2, 0.25) is 0 Å². The van der Waals surface area contributed by atoms with Gasteiger partial charge in [0.15, 0.2) is 10.8 Å². The van der Waals surface area contributed by atoms with E-state index < -0.39 is 0 Å². The molecule has 5 heteroatoms. The third-order valence-corrected chi connectivity index (χ3v) is 2.60.